The molecular weight excluding hydrogens is 271 g/mol. The van der Waals surface area contributed by atoms with E-state index in [1.165, 1.54) is 23.5 Å². The minimum Gasteiger partial charge on any atom is -0.399 e. The predicted molar refractivity (Wildman–Crippen MR) is 82.6 cm³/mol. The second-order valence-electron chi connectivity index (χ2n) is 5.38. The highest BCUT2D eigenvalue weighted by Crippen LogP contribution is 2.36. The number of thiazole rings is 1. The Kier molecular flexibility index (Phi) is 2.98. The van der Waals surface area contributed by atoms with Gasteiger partial charge in [0.2, 0.25) is 0 Å². The second kappa shape index (κ2) is 4.56. The lowest BCUT2D eigenvalue weighted by molar-refractivity contribution is 0.629. The molecule has 20 heavy (non-hydrogen) atoms. The van der Waals surface area contributed by atoms with Gasteiger partial charge in [-0.1, -0.05) is 12.1 Å². The Bertz CT molecular complexity index is 760. The third-order valence-corrected chi connectivity index (χ3v) is 4.86. The van der Waals surface area contributed by atoms with Gasteiger partial charge in [0, 0.05) is 11.1 Å². The van der Waals surface area contributed by atoms with Crippen molar-refractivity contribution in [1.29, 1.82) is 0 Å². The van der Waals surface area contributed by atoms with Crippen LogP contribution >= 0.6 is 11.3 Å². The maximum Gasteiger partial charge on any atom is 0.124 e. The van der Waals surface area contributed by atoms with Crippen molar-refractivity contribution in [1.82, 2.24) is 4.98 Å². The molecule has 0 saturated carbocycles. The Labute approximate surface area is 121 Å². The van der Waals surface area contributed by atoms with Crippen LogP contribution in [0.1, 0.15) is 24.4 Å². The zero-order valence-electron chi connectivity index (χ0n) is 11.4. The molecule has 0 amide bonds. The van der Waals surface area contributed by atoms with Gasteiger partial charge < -0.3 is 5.73 Å². The molecule has 0 fully saturated rings. The Morgan fingerprint density at radius 3 is 2.50 bits per heavy atom. The van der Waals surface area contributed by atoms with E-state index in [0.717, 1.165) is 26.5 Å². The molecule has 2 aromatic carbocycles. The highest BCUT2D eigenvalue weighted by Gasteiger charge is 2.27. The zero-order chi connectivity index (χ0) is 14.3. The van der Waals surface area contributed by atoms with Crippen molar-refractivity contribution in [3.8, 4) is 0 Å². The normalized spacial score (nSPS) is 11.9. The second-order valence-corrected chi connectivity index (χ2v) is 6.41. The van der Waals surface area contributed by atoms with Crippen molar-refractivity contribution in [2.75, 3.05) is 5.73 Å². The lowest BCUT2D eigenvalue weighted by atomic mass is 9.85. The molecule has 0 unspecified atom stereocenters. The van der Waals surface area contributed by atoms with Crippen molar-refractivity contribution in [3.63, 3.8) is 0 Å². The van der Waals surface area contributed by atoms with Crippen LogP contribution in [0.2, 0.25) is 0 Å². The molecule has 0 aliphatic rings. The van der Waals surface area contributed by atoms with E-state index in [-0.39, 0.29) is 11.2 Å². The van der Waals surface area contributed by atoms with Crippen molar-refractivity contribution in [3.05, 3.63) is 58.9 Å². The van der Waals surface area contributed by atoms with Crippen molar-refractivity contribution >= 4 is 27.2 Å². The van der Waals surface area contributed by atoms with Gasteiger partial charge in [0.1, 0.15) is 10.8 Å². The van der Waals surface area contributed by atoms with Gasteiger partial charge in [-0.05, 0) is 49.7 Å². The molecule has 0 spiro atoms. The Hall–Kier alpha value is -1.94. The highest BCUT2D eigenvalue weighted by atomic mass is 32.1. The number of anilines is 1. The molecule has 4 heteroatoms. The van der Waals surface area contributed by atoms with Crippen LogP contribution in [0, 0.1) is 5.82 Å². The molecule has 0 atom stereocenters. The van der Waals surface area contributed by atoms with Crippen molar-refractivity contribution < 1.29 is 4.39 Å². The fraction of sp³-hybridized carbons (Fsp3) is 0.188. The molecule has 1 heterocycles. The maximum absolute atomic E-state index is 13.3. The molecule has 0 aliphatic heterocycles. The van der Waals surface area contributed by atoms with Gasteiger partial charge >= 0.3 is 0 Å². The van der Waals surface area contributed by atoms with E-state index in [4.69, 9.17) is 5.73 Å². The summed E-state index contributed by atoms with van der Waals surface area (Å²) in [5.74, 6) is -0.224. The summed E-state index contributed by atoms with van der Waals surface area (Å²) in [7, 11) is 0. The number of halogens is 1. The fourth-order valence-electron chi connectivity index (χ4n) is 2.19. The molecule has 102 valence electrons. The van der Waals surface area contributed by atoms with E-state index in [2.05, 4.69) is 18.8 Å². The van der Waals surface area contributed by atoms with Crippen molar-refractivity contribution in [2.45, 2.75) is 19.3 Å². The summed E-state index contributed by atoms with van der Waals surface area (Å²) in [5.41, 5.74) is 8.24. The van der Waals surface area contributed by atoms with Gasteiger partial charge in [-0.25, -0.2) is 9.37 Å². The number of rotatable bonds is 2. The number of fused-ring (bicyclic) bond motifs is 1. The van der Waals surface area contributed by atoms with Crippen LogP contribution in [0.3, 0.4) is 0 Å². The summed E-state index contributed by atoms with van der Waals surface area (Å²) in [4.78, 5) is 4.64. The topological polar surface area (TPSA) is 38.9 Å². The molecule has 3 aromatic rings. The lowest BCUT2D eigenvalue weighted by Crippen LogP contribution is -2.18. The van der Waals surface area contributed by atoms with Gasteiger partial charge in [0.25, 0.3) is 0 Å². The zero-order valence-corrected chi connectivity index (χ0v) is 12.2. The first-order valence-electron chi connectivity index (χ1n) is 6.39. The third kappa shape index (κ3) is 2.16. The van der Waals surface area contributed by atoms with Crippen LogP contribution in [0.5, 0.6) is 0 Å². The van der Waals surface area contributed by atoms with Crippen LogP contribution in [0.15, 0.2) is 42.5 Å². The first-order chi connectivity index (χ1) is 9.46. The molecular formula is C16H15FN2S. The Morgan fingerprint density at radius 2 is 1.80 bits per heavy atom. The van der Waals surface area contributed by atoms with Gasteiger partial charge in [-0.15, -0.1) is 11.3 Å². The average molecular weight is 286 g/mol. The number of aromatic nitrogens is 1. The molecule has 2 nitrogen and oxygen atoms in total. The summed E-state index contributed by atoms with van der Waals surface area (Å²) >= 11 is 1.54. The van der Waals surface area contributed by atoms with E-state index in [0.29, 0.717) is 0 Å². The summed E-state index contributed by atoms with van der Waals surface area (Å²) in [5, 5.41) is 0.975. The van der Waals surface area contributed by atoms with Gasteiger partial charge in [-0.2, -0.15) is 0 Å². The summed E-state index contributed by atoms with van der Waals surface area (Å²) in [6.07, 6.45) is 0. The van der Waals surface area contributed by atoms with E-state index in [1.807, 2.05) is 24.3 Å². The predicted octanol–water partition coefficient (Wildman–Crippen LogP) is 4.34. The van der Waals surface area contributed by atoms with Crippen LogP contribution in [0.4, 0.5) is 10.1 Å². The number of hydrogen-bond donors (Lipinski definition) is 1. The van der Waals surface area contributed by atoms with Crippen LogP contribution in [-0.4, -0.2) is 4.98 Å². The van der Waals surface area contributed by atoms with Crippen LogP contribution in [0.25, 0.3) is 10.2 Å². The largest absolute Gasteiger partial charge is 0.399 e. The van der Waals surface area contributed by atoms with Crippen LogP contribution in [-0.2, 0) is 5.41 Å². The molecule has 0 bridgehead atoms. The number of nitrogens with zero attached hydrogens (tertiary/aromatic N) is 1. The molecule has 0 radical (unpaired) electrons. The molecule has 2 N–H and O–H groups in total. The quantitative estimate of drug-likeness (QED) is 0.712. The minimum absolute atomic E-state index is 0.224. The Balaban J connectivity index is 2.10. The summed E-state index contributed by atoms with van der Waals surface area (Å²) in [6.45, 7) is 4.24. The fourth-order valence-corrected chi connectivity index (χ4v) is 3.30. The highest BCUT2D eigenvalue weighted by molar-refractivity contribution is 7.18. The standard InChI is InChI=1S/C16H15FN2S/c1-16(2,10-3-6-12(18)7-4-10)15-19-13-8-5-11(17)9-14(13)20-15/h3-9H,18H2,1-2H3. The number of nitrogens with two attached hydrogens (primary N) is 1. The lowest BCUT2D eigenvalue weighted by Gasteiger charge is -2.22. The van der Waals surface area contributed by atoms with E-state index in [9.17, 15) is 4.39 Å². The van der Waals surface area contributed by atoms with Crippen molar-refractivity contribution in [2.24, 2.45) is 0 Å². The van der Waals surface area contributed by atoms with E-state index >= 15 is 0 Å². The van der Waals surface area contributed by atoms with E-state index in [1.54, 1.807) is 6.07 Å². The first-order valence-corrected chi connectivity index (χ1v) is 7.21. The summed E-state index contributed by atoms with van der Waals surface area (Å²) in [6, 6.07) is 12.5. The molecule has 0 aliphatic carbocycles. The smallest absolute Gasteiger partial charge is 0.124 e. The number of benzene rings is 2. The minimum atomic E-state index is -0.228. The number of hydrogen-bond acceptors (Lipinski definition) is 3. The molecule has 3 rings (SSSR count). The average Bonchev–Trinajstić information content (AvgIpc) is 2.83. The summed E-state index contributed by atoms with van der Waals surface area (Å²) < 4.78 is 14.2. The SMILES string of the molecule is CC(C)(c1ccc(N)cc1)c1nc2ccc(F)cc2s1. The molecule has 1 aromatic heterocycles. The number of nitrogen functional groups attached to an aromatic ring is 1. The maximum atomic E-state index is 13.3. The van der Waals surface area contributed by atoms with Gasteiger partial charge in [0.05, 0.1) is 10.2 Å². The first kappa shape index (κ1) is 13.1. The monoisotopic (exact) mass is 286 g/mol. The third-order valence-electron chi connectivity index (χ3n) is 3.52. The van der Waals surface area contributed by atoms with Gasteiger partial charge in [-0.3, -0.25) is 0 Å². The Morgan fingerprint density at radius 1 is 1.10 bits per heavy atom. The van der Waals surface area contributed by atoms with Gasteiger partial charge in [0.15, 0.2) is 0 Å². The molecule has 0 saturated heterocycles. The van der Waals surface area contributed by atoms with Crippen LogP contribution < -0.4 is 5.73 Å². The van der Waals surface area contributed by atoms with E-state index < -0.39 is 0 Å².